The highest BCUT2D eigenvalue weighted by atomic mass is 19.1. The van der Waals surface area contributed by atoms with Gasteiger partial charge in [0.1, 0.15) is 11.6 Å². The zero-order chi connectivity index (χ0) is 11.6. The van der Waals surface area contributed by atoms with Crippen molar-refractivity contribution in [3.05, 3.63) is 29.6 Å². The number of hydrogen-bond donors (Lipinski definition) is 1. The van der Waals surface area contributed by atoms with Crippen molar-refractivity contribution in [1.82, 2.24) is 0 Å². The molecule has 0 heterocycles. The first-order chi connectivity index (χ1) is 6.86. The van der Waals surface area contributed by atoms with Crippen LogP contribution in [-0.2, 0) is 0 Å². The van der Waals surface area contributed by atoms with Crippen molar-refractivity contribution in [2.24, 2.45) is 5.73 Å². The summed E-state index contributed by atoms with van der Waals surface area (Å²) in [5, 5.41) is 0. The summed E-state index contributed by atoms with van der Waals surface area (Å²) in [6.07, 6.45) is 0. The van der Waals surface area contributed by atoms with Crippen LogP contribution in [0.5, 0.6) is 5.75 Å². The molecule has 0 aliphatic carbocycles. The molecule has 0 spiro atoms. The molecule has 2 N–H and O–H groups in total. The second-order valence-electron chi connectivity index (χ2n) is 3.90. The first kappa shape index (κ1) is 11.7. The van der Waals surface area contributed by atoms with E-state index in [0.29, 0.717) is 5.75 Å². The van der Waals surface area contributed by atoms with Crippen molar-refractivity contribution in [3.63, 3.8) is 0 Å². The molecule has 82 valence electrons. The third-order valence-electron chi connectivity index (χ3n) is 2.01. The number of rotatable bonds is 3. The van der Waals surface area contributed by atoms with Crippen molar-refractivity contribution in [2.75, 3.05) is 7.11 Å². The summed E-state index contributed by atoms with van der Waals surface area (Å²) in [5.41, 5.74) is 4.52. The lowest BCUT2D eigenvalue weighted by Gasteiger charge is -2.17. The fourth-order valence-electron chi connectivity index (χ4n) is 1.15. The van der Waals surface area contributed by atoms with Gasteiger partial charge in [0, 0.05) is 6.07 Å². The van der Waals surface area contributed by atoms with Gasteiger partial charge in [-0.05, 0) is 26.0 Å². The van der Waals surface area contributed by atoms with Crippen molar-refractivity contribution in [1.29, 1.82) is 0 Å². The smallest absolute Gasteiger partial charge is 0.185 e. The fourth-order valence-corrected chi connectivity index (χ4v) is 1.15. The highest BCUT2D eigenvalue weighted by Crippen LogP contribution is 2.19. The first-order valence-electron chi connectivity index (χ1n) is 4.53. The van der Waals surface area contributed by atoms with E-state index in [2.05, 4.69) is 0 Å². The molecule has 3 nitrogen and oxygen atoms in total. The summed E-state index contributed by atoms with van der Waals surface area (Å²) in [7, 11) is 1.43. The fraction of sp³-hybridized carbons (Fsp3) is 0.364. The Hall–Kier alpha value is -1.42. The average Bonchev–Trinajstić information content (AvgIpc) is 2.15. The first-order valence-corrected chi connectivity index (χ1v) is 4.53. The van der Waals surface area contributed by atoms with Gasteiger partial charge in [0.15, 0.2) is 5.78 Å². The second kappa shape index (κ2) is 3.98. The second-order valence-corrected chi connectivity index (χ2v) is 3.90. The number of hydrogen-bond acceptors (Lipinski definition) is 3. The minimum atomic E-state index is -1.07. The van der Waals surface area contributed by atoms with Gasteiger partial charge in [-0.2, -0.15) is 0 Å². The van der Waals surface area contributed by atoms with Crippen LogP contribution in [0, 0.1) is 5.82 Å². The van der Waals surface area contributed by atoms with Gasteiger partial charge >= 0.3 is 0 Å². The van der Waals surface area contributed by atoms with Gasteiger partial charge in [0.2, 0.25) is 0 Å². The third-order valence-corrected chi connectivity index (χ3v) is 2.01. The van der Waals surface area contributed by atoms with Crippen molar-refractivity contribution in [2.45, 2.75) is 19.4 Å². The molecule has 0 unspecified atom stereocenters. The van der Waals surface area contributed by atoms with Crippen LogP contribution in [-0.4, -0.2) is 18.4 Å². The Labute approximate surface area is 88.0 Å². The predicted octanol–water partition coefficient (Wildman–Crippen LogP) is 1.75. The number of Topliss-reactive ketones (excluding diaryl/α,β-unsaturated/α-hetero) is 1. The summed E-state index contributed by atoms with van der Waals surface area (Å²) in [6, 6.07) is 4.08. The van der Waals surface area contributed by atoms with E-state index in [9.17, 15) is 9.18 Å². The number of methoxy groups -OCH3 is 1. The van der Waals surface area contributed by atoms with Crippen molar-refractivity contribution < 1.29 is 13.9 Å². The van der Waals surface area contributed by atoms with Crippen LogP contribution in [0.15, 0.2) is 18.2 Å². The van der Waals surface area contributed by atoms with Crippen LogP contribution >= 0.6 is 0 Å². The molecule has 4 heteroatoms. The molecule has 0 saturated heterocycles. The molecular formula is C11H14FNO2. The number of ketones is 1. The normalized spacial score (nSPS) is 11.3. The van der Waals surface area contributed by atoms with Crippen LogP contribution < -0.4 is 10.5 Å². The van der Waals surface area contributed by atoms with Gasteiger partial charge in [-0.25, -0.2) is 4.39 Å². The number of ether oxygens (including phenoxy) is 1. The molecule has 0 bridgehead atoms. The van der Waals surface area contributed by atoms with E-state index in [-0.39, 0.29) is 5.56 Å². The van der Waals surface area contributed by atoms with Crippen LogP contribution in [0.2, 0.25) is 0 Å². The molecule has 1 aromatic carbocycles. The van der Waals surface area contributed by atoms with Crippen molar-refractivity contribution >= 4 is 5.78 Å². The molecule has 1 aromatic rings. The lowest BCUT2D eigenvalue weighted by atomic mass is 9.94. The maximum Gasteiger partial charge on any atom is 0.185 e. The lowest BCUT2D eigenvalue weighted by Crippen LogP contribution is -2.41. The van der Waals surface area contributed by atoms with Crippen LogP contribution in [0.25, 0.3) is 0 Å². The molecule has 0 atom stereocenters. The minimum absolute atomic E-state index is 0.0108. The molecule has 0 saturated carbocycles. The quantitative estimate of drug-likeness (QED) is 0.775. The number of halogens is 1. The zero-order valence-electron chi connectivity index (χ0n) is 9.00. The van der Waals surface area contributed by atoms with E-state index in [1.54, 1.807) is 13.8 Å². The molecule has 0 amide bonds. The monoisotopic (exact) mass is 211 g/mol. The minimum Gasteiger partial charge on any atom is -0.497 e. The van der Waals surface area contributed by atoms with Crippen LogP contribution in [0.1, 0.15) is 24.2 Å². The Bertz CT molecular complexity index is 383. The Morgan fingerprint density at radius 2 is 2.07 bits per heavy atom. The Morgan fingerprint density at radius 3 is 2.47 bits per heavy atom. The highest BCUT2D eigenvalue weighted by molar-refractivity contribution is 6.02. The maximum absolute atomic E-state index is 13.5. The standard InChI is InChI=1S/C11H14FNO2/c1-11(2,13)10(14)8-5-4-7(15-3)6-9(8)12/h4-6H,13H2,1-3H3. The molecule has 0 fully saturated rings. The SMILES string of the molecule is COc1ccc(C(=O)C(C)(C)N)c(F)c1. The summed E-state index contributed by atoms with van der Waals surface area (Å²) >= 11 is 0. The highest BCUT2D eigenvalue weighted by Gasteiger charge is 2.26. The van der Waals surface area contributed by atoms with E-state index in [4.69, 9.17) is 10.5 Å². The Morgan fingerprint density at radius 1 is 1.47 bits per heavy atom. The summed E-state index contributed by atoms with van der Waals surface area (Å²) in [6.45, 7) is 3.08. The van der Waals surface area contributed by atoms with Crippen LogP contribution in [0.4, 0.5) is 4.39 Å². The van der Waals surface area contributed by atoms with Gasteiger partial charge in [-0.1, -0.05) is 0 Å². The van der Waals surface area contributed by atoms with Gasteiger partial charge in [-0.3, -0.25) is 4.79 Å². The largest absolute Gasteiger partial charge is 0.497 e. The van der Waals surface area contributed by atoms with Gasteiger partial charge in [-0.15, -0.1) is 0 Å². The third kappa shape index (κ3) is 2.53. The average molecular weight is 211 g/mol. The molecular weight excluding hydrogens is 197 g/mol. The number of nitrogens with two attached hydrogens (primary N) is 1. The van der Waals surface area contributed by atoms with Gasteiger partial charge in [0.25, 0.3) is 0 Å². The van der Waals surface area contributed by atoms with E-state index in [1.807, 2.05) is 0 Å². The predicted molar refractivity (Wildman–Crippen MR) is 55.5 cm³/mol. The maximum atomic E-state index is 13.5. The van der Waals surface area contributed by atoms with E-state index < -0.39 is 17.1 Å². The molecule has 0 radical (unpaired) electrons. The molecule has 0 aliphatic heterocycles. The Kier molecular flexibility index (Phi) is 3.09. The van der Waals surface area contributed by atoms with Crippen LogP contribution in [0.3, 0.4) is 0 Å². The topological polar surface area (TPSA) is 52.3 Å². The summed E-state index contributed by atoms with van der Waals surface area (Å²) in [5.74, 6) is -0.667. The lowest BCUT2D eigenvalue weighted by molar-refractivity contribution is 0.0909. The molecule has 1 rings (SSSR count). The number of carbonyl (C=O) groups excluding carboxylic acids is 1. The van der Waals surface area contributed by atoms with E-state index >= 15 is 0 Å². The number of carbonyl (C=O) groups is 1. The van der Waals surface area contributed by atoms with E-state index in [0.717, 1.165) is 0 Å². The Balaban J connectivity index is 3.12. The molecule has 15 heavy (non-hydrogen) atoms. The van der Waals surface area contributed by atoms with Gasteiger partial charge < -0.3 is 10.5 Å². The summed E-state index contributed by atoms with van der Waals surface area (Å²) in [4.78, 5) is 11.7. The zero-order valence-corrected chi connectivity index (χ0v) is 9.00. The van der Waals surface area contributed by atoms with E-state index in [1.165, 1.54) is 25.3 Å². The van der Waals surface area contributed by atoms with Gasteiger partial charge in [0.05, 0.1) is 18.2 Å². The summed E-state index contributed by atoms with van der Waals surface area (Å²) < 4.78 is 18.3. The van der Waals surface area contributed by atoms with Crippen molar-refractivity contribution in [3.8, 4) is 5.75 Å². The number of benzene rings is 1. The molecule has 0 aliphatic rings. The molecule has 0 aromatic heterocycles.